The molecule has 1 amide bonds. The largest absolute Gasteiger partial charge is 0.492 e. The lowest BCUT2D eigenvalue weighted by molar-refractivity contribution is -0.135. The number of para-hydroxylation sites is 1. The van der Waals surface area contributed by atoms with Gasteiger partial charge < -0.3 is 9.64 Å². The van der Waals surface area contributed by atoms with Gasteiger partial charge in [-0.15, -0.1) is 0 Å². The van der Waals surface area contributed by atoms with Gasteiger partial charge in [-0.1, -0.05) is 12.1 Å². The minimum absolute atomic E-state index is 0.196. The van der Waals surface area contributed by atoms with E-state index in [2.05, 4.69) is 4.72 Å². The van der Waals surface area contributed by atoms with Gasteiger partial charge >= 0.3 is 0 Å². The summed E-state index contributed by atoms with van der Waals surface area (Å²) in [5, 5.41) is 0. The number of carbonyl (C=O) groups is 1. The molecule has 6 nitrogen and oxygen atoms in total. The van der Waals surface area contributed by atoms with Crippen LogP contribution in [0.15, 0.2) is 29.2 Å². The Hall–Kier alpha value is -1.60. The molecule has 2 aliphatic heterocycles. The van der Waals surface area contributed by atoms with Crippen molar-refractivity contribution in [2.75, 3.05) is 26.2 Å². The average molecular weight is 350 g/mol. The van der Waals surface area contributed by atoms with Crippen LogP contribution in [-0.2, 0) is 14.8 Å². The maximum atomic E-state index is 12.5. The number of nitrogens with zero attached hydrogens (tertiary/aromatic N) is 1. The number of piperidine rings is 1. The fraction of sp³-hybridized carbons (Fsp3) is 0.588. The van der Waals surface area contributed by atoms with Crippen LogP contribution in [0.5, 0.6) is 5.75 Å². The lowest BCUT2D eigenvalue weighted by Crippen LogP contribution is -2.51. The zero-order valence-corrected chi connectivity index (χ0v) is 14.3. The number of hydrogen-bond acceptors (Lipinski definition) is 4. The molecule has 1 aromatic carbocycles. The molecule has 2 heterocycles. The van der Waals surface area contributed by atoms with E-state index < -0.39 is 10.0 Å². The summed E-state index contributed by atoms with van der Waals surface area (Å²) >= 11 is 0. The first-order valence-electron chi connectivity index (χ1n) is 8.49. The van der Waals surface area contributed by atoms with Gasteiger partial charge in [0.05, 0.1) is 6.61 Å². The normalized spacial score (nSPS) is 25.2. The number of fused-ring (bicyclic) bond motifs is 1. The molecule has 1 N–H and O–H groups in total. The molecule has 7 heteroatoms. The quantitative estimate of drug-likeness (QED) is 0.830. The van der Waals surface area contributed by atoms with Crippen LogP contribution in [0.2, 0.25) is 0 Å². The van der Waals surface area contributed by atoms with Gasteiger partial charge in [-0.25, -0.2) is 13.1 Å². The van der Waals surface area contributed by atoms with Gasteiger partial charge in [0.15, 0.2) is 0 Å². The molecular weight excluding hydrogens is 328 g/mol. The molecule has 0 bridgehead atoms. The molecule has 1 aliphatic carbocycles. The zero-order chi connectivity index (χ0) is 16.8. The molecule has 1 saturated heterocycles. The van der Waals surface area contributed by atoms with Crippen LogP contribution in [0.3, 0.4) is 0 Å². The van der Waals surface area contributed by atoms with Gasteiger partial charge in [-0.3, -0.25) is 4.79 Å². The van der Waals surface area contributed by atoms with Crippen molar-refractivity contribution in [2.45, 2.75) is 30.6 Å². The Labute approximate surface area is 142 Å². The van der Waals surface area contributed by atoms with Crippen molar-refractivity contribution in [1.82, 2.24) is 9.62 Å². The Morgan fingerprint density at radius 3 is 2.62 bits per heavy atom. The van der Waals surface area contributed by atoms with Gasteiger partial charge in [0.2, 0.25) is 15.9 Å². The summed E-state index contributed by atoms with van der Waals surface area (Å²) in [4.78, 5) is 14.3. The third-order valence-corrected chi connectivity index (χ3v) is 6.81. The first kappa shape index (κ1) is 15.9. The summed E-state index contributed by atoms with van der Waals surface area (Å²) in [7, 11) is -3.57. The van der Waals surface area contributed by atoms with E-state index in [-0.39, 0.29) is 22.1 Å². The van der Waals surface area contributed by atoms with E-state index >= 15 is 0 Å². The Bertz CT molecular complexity index is 750. The molecule has 1 spiro atoms. The molecule has 2 fully saturated rings. The standard InChI is InChI=1S/C17H22N2O4S/c20-16(13-5-6-13)19-9-7-17(8-10-19)11-18-24(21,22)15-4-2-1-3-14(15)23-12-17/h1-4,13,18H,5-12H2. The maximum absolute atomic E-state index is 12.5. The average Bonchev–Trinajstić information content (AvgIpc) is 3.43. The molecule has 0 unspecified atom stereocenters. The molecule has 3 aliphatic rings. The topological polar surface area (TPSA) is 75.7 Å². The number of benzene rings is 1. The number of likely N-dealkylation sites (tertiary alicyclic amines) is 1. The second-order valence-electron chi connectivity index (χ2n) is 7.16. The molecular formula is C17H22N2O4S. The Balaban J connectivity index is 1.51. The summed E-state index contributed by atoms with van der Waals surface area (Å²) in [6.45, 7) is 2.19. The molecule has 4 rings (SSSR count). The van der Waals surface area contributed by atoms with E-state index in [1.165, 1.54) is 0 Å². The van der Waals surface area contributed by atoms with E-state index in [4.69, 9.17) is 4.74 Å². The lowest BCUT2D eigenvalue weighted by Gasteiger charge is -2.42. The molecule has 0 aromatic heterocycles. The number of nitrogens with one attached hydrogen (secondary N) is 1. The van der Waals surface area contributed by atoms with Crippen LogP contribution >= 0.6 is 0 Å². The Morgan fingerprint density at radius 2 is 1.92 bits per heavy atom. The van der Waals surface area contributed by atoms with E-state index in [0.717, 1.165) is 25.7 Å². The highest BCUT2D eigenvalue weighted by Crippen LogP contribution is 2.38. The summed E-state index contributed by atoms with van der Waals surface area (Å²) in [6.07, 6.45) is 3.55. The third-order valence-electron chi connectivity index (χ3n) is 5.37. The monoisotopic (exact) mass is 350 g/mol. The van der Waals surface area contributed by atoms with E-state index in [1.54, 1.807) is 24.3 Å². The zero-order valence-electron chi connectivity index (χ0n) is 13.5. The Kier molecular flexibility index (Phi) is 3.80. The minimum atomic E-state index is -3.57. The summed E-state index contributed by atoms with van der Waals surface area (Å²) in [5.74, 6) is 0.904. The van der Waals surface area contributed by atoms with Crippen molar-refractivity contribution in [3.63, 3.8) is 0 Å². The van der Waals surface area contributed by atoms with Crippen LogP contribution < -0.4 is 9.46 Å². The first-order valence-corrected chi connectivity index (χ1v) is 9.98. The van der Waals surface area contributed by atoms with Crippen molar-refractivity contribution in [1.29, 1.82) is 0 Å². The number of carbonyl (C=O) groups excluding carboxylic acids is 1. The van der Waals surface area contributed by atoms with E-state index in [0.29, 0.717) is 32.0 Å². The smallest absolute Gasteiger partial charge is 0.244 e. The fourth-order valence-corrected chi connectivity index (χ4v) is 4.81. The van der Waals surface area contributed by atoms with Crippen LogP contribution in [0.1, 0.15) is 25.7 Å². The highest BCUT2D eigenvalue weighted by molar-refractivity contribution is 7.89. The maximum Gasteiger partial charge on any atom is 0.244 e. The van der Waals surface area contributed by atoms with Gasteiger partial charge in [0, 0.05) is 31.0 Å². The number of sulfonamides is 1. The lowest BCUT2D eigenvalue weighted by atomic mass is 9.79. The highest BCUT2D eigenvalue weighted by atomic mass is 32.2. The number of ether oxygens (including phenoxy) is 1. The van der Waals surface area contributed by atoms with Crippen LogP contribution in [0.25, 0.3) is 0 Å². The SMILES string of the molecule is O=C(C1CC1)N1CCC2(CC1)CNS(=O)(=O)c1ccccc1OC2. The van der Waals surface area contributed by atoms with Gasteiger partial charge in [-0.2, -0.15) is 0 Å². The summed E-state index contributed by atoms with van der Waals surface area (Å²) in [5.41, 5.74) is -0.249. The predicted molar refractivity (Wildman–Crippen MR) is 88.1 cm³/mol. The van der Waals surface area contributed by atoms with Crippen molar-refractivity contribution >= 4 is 15.9 Å². The van der Waals surface area contributed by atoms with Gasteiger partial charge in [0.25, 0.3) is 0 Å². The van der Waals surface area contributed by atoms with Crippen molar-refractivity contribution in [2.24, 2.45) is 11.3 Å². The molecule has 130 valence electrons. The van der Waals surface area contributed by atoms with Crippen molar-refractivity contribution in [3.05, 3.63) is 24.3 Å². The van der Waals surface area contributed by atoms with Crippen molar-refractivity contribution < 1.29 is 17.9 Å². The first-order chi connectivity index (χ1) is 11.5. The van der Waals surface area contributed by atoms with E-state index in [9.17, 15) is 13.2 Å². The fourth-order valence-electron chi connectivity index (χ4n) is 3.51. The van der Waals surface area contributed by atoms with Crippen LogP contribution in [0.4, 0.5) is 0 Å². The number of hydrogen-bond donors (Lipinski definition) is 1. The second kappa shape index (κ2) is 5.74. The van der Waals surface area contributed by atoms with E-state index in [1.807, 2.05) is 4.90 Å². The Morgan fingerprint density at radius 1 is 1.21 bits per heavy atom. The predicted octanol–water partition coefficient (Wildman–Crippen LogP) is 1.38. The molecule has 24 heavy (non-hydrogen) atoms. The highest BCUT2D eigenvalue weighted by Gasteiger charge is 2.42. The van der Waals surface area contributed by atoms with Gasteiger partial charge in [0.1, 0.15) is 10.6 Å². The summed E-state index contributed by atoms with van der Waals surface area (Å²) in [6, 6.07) is 6.73. The summed E-state index contributed by atoms with van der Waals surface area (Å²) < 4.78 is 33.6. The molecule has 0 radical (unpaired) electrons. The molecule has 1 saturated carbocycles. The number of rotatable bonds is 1. The van der Waals surface area contributed by atoms with Crippen LogP contribution in [0, 0.1) is 11.3 Å². The minimum Gasteiger partial charge on any atom is -0.492 e. The van der Waals surface area contributed by atoms with Gasteiger partial charge in [-0.05, 0) is 37.8 Å². The number of amides is 1. The second-order valence-corrected chi connectivity index (χ2v) is 8.89. The third kappa shape index (κ3) is 2.91. The van der Waals surface area contributed by atoms with Crippen molar-refractivity contribution in [3.8, 4) is 5.75 Å². The van der Waals surface area contributed by atoms with Crippen LogP contribution in [-0.4, -0.2) is 45.5 Å². The molecule has 0 atom stereocenters. The molecule has 1 aromatic rings.